The van der Waals surface area contributed by atoms with Gasteiger partial charge in [-0.1, -0.05) is 0 Å². The summed E-state index contributed by atoms with van der Waals surface area (Å²) in [6, 6.07) is 4.96. The van der Waals surface area contributed by atoms with Gasteiger partial charge in [0.05, 0.1) is 22.2 Å². The van der Waals surface area contributed by atoms with Gasteiger partial charge in [-0.25, -0.2) is 4.39 Å². The second kappa shape index (κ2) is 7.59. The average molecular weight is 310 g/mol. The Balaban J connectivity index is 2.95. The number of primary amides is 1. The van der Waals surface area contributed by atoms with Crippen molar-refractivity contribution in [2.24, 2.45) is 5.73 Å². The highest BCUT2D eigenvalue weighted by molar-refractivity contribution is 8.00. The zero-order valence-corrected chi connectivity index (χ0v) is 12.0. The normalized spacial score (nSPS) is 11.9. The zero-order valence-electron chi connectivity index (χ0n) is 11.2. The van der Waals surface area contributed by atoms with Gasteiger partial charge >= 0.3 is 0 Å². The standard InChI is InChI=1S/C13H13FN3O3S/c1-8(7-15)21-5-4-10(13(16)18)11-6-9(17(19)20)2-3-12(11)14/h2-3,6,8H,4-5H2,1H3,(H2,16,18)/t8-/m0/s1. The number of nitriles is 1. The Bertz CT molecular complexity index is 589. The van der Waals surface area contributed by atoms with Gasteiger partial charge in [0.1, 0.15) is 5.82 Å². The fourth-order valence-corrected chi connectivity index (χ4v) is 2.37. The first-order chi connectivity index (χ1) is 9.86. The number of hydrogen-bond acceptors (Lipinski definition) is 5. The molecule has 111 valence electrons. The molecule has 2 N–H and O–H groups in total. The van der Waals surface area contributed by atoms with E-state index in [-0.39, 0.29) is 28.8 Å². The van der Waals surface area contributed by atoms with E-state index in [1.165, 1.54) is 11.8 Å². The van der Waals surface area contributed by atoms with Crippen molar-refractivity contribution in [1.29, 1.82) is 5.26 Å². The molecule has 1 radical (unpaired) electrons. The summed E-state index contributed by atoms with van der Waals surface area (Å²) in [5.41, 5.74) is 4.75. The predicted octanol–water partition coefficient (Wildman–Crippen LogP) is 2.18. The molecular weight excluding hydrogens is 297 g/mol. The zero-order chi connectivity index (χ0) is 16.0. The van der Waals surface area contributed by atoms with Gasteiger partial charge in [0.2, 0.25) is 5.91 Å². The third kappa shape index (κ3) is 4.72. The monoisotopic (exact) mass is 310 g/mol. The topological polar surface area (TPSA) is 110 Å². The number of amides is 1. The van der Waals surface area contributed by atoms with Crippen LogP contribution >= 0.6 is 11.8 Å². The van der Waals surface area contributed by atoms with Crippen molar-refractivity contribution in [3.05, 3.63) is 45.6 Å². The lowest BCUT2D eigenvalue weighted by Crippen LogP contribution is -2.24. The molecule has 0 saturated heterocycles. The van der Waals surface area contributed by atoms with Crippen LogP contribution in [0.2, 0.25) is 0 Å². The number of carbonyl (C=O) groups excluding carboxylic acids is 1. The van der Waals surface area contributed by atoms with Gasteiger partial charge in [0.15, 0.2) is 0 Å². The lowest BCUT2D eigenvalue weighted by molar-refractivity contribution is -0.384. The Hall–Kier alpha value is -2.14. The Morgan fingerprint density at radius 3 is 2.81 bits per heavy atom. The summed E-state index contributed by atoms with van der Waals surface area (Å²) in [7, 11) is 0. The van der Waals surface area contributed by atoms with Crippen molar-refractivity contribution in [2.75, 3.05) is 5.75 Å². The maximum Gasteiger partial charge on any atom is 0.269 e. The molecule has 0 aliphatic rings. The minimum absolute atomic E-state index is 0.0196. The number of thioether (sulfide) groups is 1. The molecule has 0 saturated carbocycles. The van der Waals surface area contributed by atoms with Gasteiger partial charge in [-0.05, 0) is 25.2 Å². The molecule has 0 spiro atoms. The van der Waals surface area contributed by atoms with Crippen molar-refractivity contribution >= 4 is 23.4 Å². The van der Waals surface area contributed by atoms with Crippen LogP contribution in [-0.4, -0.2) is 21.8 Å². The lowest BCUT2D eigenvalue weighted by Gasteiger charge is -2.13. The summed E-state index contributed by atoms with van der Waals surface area (Å²) in [6.07, 6.45) is 0.129. The maximum absolute atomic E-state index is 13.8. The van der Waals surface area contributed by atoms with Crippen LogP contribution in [-0.2, 0) is 4.79 Å². The smallest absolute Gasteiger partial charge is 0.269 e. The van der Waals surface area contributed by atoms with E-state index < -0.39 is 16.6 Å². The first-order valence-electron chi connectivity index (χ1n) is 5.98. The Labute approximate surface area is 125 Å². The van der Waals surface area contributed by atoms with E-state index in [2.05, 4.69) is 0 Å². The number of non-ortho nitro benzene ring substituents is 1. The molecule has 0 heterocycles. The number of nitro benzene ring substituents is 1. The number of nitrogens with two attached hydrogens (primary N) is 1. The highest BCUT2D eigenvalue weighted by atomic mass is 32.2. The van der Waals surface area contributed by atoms with Crippen LogP contribution < -0.4 is 5.73 Å². The van der Waals surface area contributed by atoms with Gasteiger partial charge < -0.3 is 5.73 Å². The molecule has 0 aliphatic carbocycles. The lowest BCUT2D eigenvalue weighted by atomic mass is 9.95. The number of rotatable bonds is 7. The number of carbonyl (C=O) groups is 1. The Morgan fingerprint density at radius 1 is 1.62 bits per heavy atom. The third-order valence-corrected chi connectivity index (χ3v) is 3.73. The highest BCUT2D eigenvalue weighted by Gasteiger charge is 2.25. The van der Waals surface area contributed by atoms with Crippen LogP contribution in [0.5, 0.6) is 0 Å². The molecule has 1 aromatic carbocycles. The summed E-state index contributed by atoms with van der Waals surface area (Å²) in [5.74, 6) is -1.21. The van der Waals surface area contributed by atoms with E-state index in [4.69, 9.17) is 11.0 Å². The molecule has 0 aromatic heterocycles. The van der Waals surface area contributed by atoms with E-state index in [1.54, 1.807) is 6.92 Å². The fourth-order valence-electron chi connectivity index (χ4n) is 1.62. The van der Waals surface area contributed by atoms with Gasteiger partial charge in [0.25, 0.3) is 5.69 Å². The summed E-state index contributed by atoms with van der Waals surface area (Å²) in [6.45, 7) is 1.70. The van der Waals surface area contributed by atoms with Crippen molar-refractivity contribution in [3.8, 4) is 6.07 Å². The van der Waals surface area contributed by atoms with E-state index in [9.17, 15) is 19.3 Å². The first-order valence-corrected chi connectivity index (χ1v) is 7.02. The quantitative estimate of drug-likeness (QED) is 0.613. The number of hydrogen-bond donors (Lipinski definition) is 1. The van der Waals surface area contributed by atoms with Crippen molar-refractivity contribution in [1.82, 2.24) is 0 Å². The predicted molar refractivity (Wildman–Crippen MR) is 76.7 cm³/mol. The minimum Gasteiger partial charge on any atom is -0.369 e. The second-order valence-electron chi connectivity index (χ2n) is 4.16. The average Bonchev–Trinajstić information content (AvgIpc) is 2.43. The number of nitrogens with zero attached hydrogens (tertiary/aromatic N) is 2. The molecule has 0 aliphatic heterocycles. The van der Waals surface area contributed by atoms with Gasteiger partial charge in [-0.2, -0.15) is 5.26 Å². The molecule has 1 aromatic rings. The minimum atomic E-state index is -0.834. The molecular formula is C13H13FN3O3S. The van der Waals surface area contributed by atoms with Crippen LogP contribution in [0.25, 0.3) is 0 Å². The molecule has 0 unspecified atom stereocenters. The highest BCUT2D eigenvalue weighted by Crippen LogP contribution is 2.27. The van der Waals surface area contributed by atoms with E-state index >= 15 is 0 Å². The van der Waals surface area contributed by atoms with Crippen LogP contribution in [0.15, 0.2) is 18.2 Å². The molecule has 1 amide bonds. The number of benzene rings is 1. The molecule has 1 atom stereocenters. The fraction of sp³-hybridized carbons (Fsp3) is 0.308. The van der Waals surface area contributed by atoms with Gasteiger partial charge in [-0.15, -0.1) is 11.8 Å². The maximum atomic E-state index is 13.8. The van der Waals surface area contributed by atoms with Crippen molar-refractivity contribution < 1.29 is 14.1 Å². The molecule has 21 heavy (non-hydrogen) atoms. The largest absolute Gasteiger partial charge is 0.369 e. The number of nitro groups is 1. The molecule has 1 rings (SSSR count). The van der Waals surface area contributed by atoms with Crippen LogP contribution in [0.3, 0.4) is 0 Å². The van der Waals surface area contributed by atoms with E-state index in [1.807, 2.05) is 6.07 Å². The Kier molecular flexibility index (Phi) is 6.11. The van der Waals surface area contributed by atoms with Gasteiger partial charge in [0, 0.05) is 17.7 Å². The van der Waals surface area contributed by atoms with Crippen molar-refractivity contribution in [2.45, 2.75) is 18.6 Å². The third-order valence-electron chi connectivity index (χ3n) is 2.69. The summed E-state index contributed by atoms with van der Waals surface area (Å²) in [5, 5.41) is 19.1. The molecule has 0 fully saturated rings. The SMILES string of the molecule is C[C@@H](C#N)SCC[C](C(N)=O)c1cc([N+](=O)[O-])ccc1F. The second-order valence-corrected chi connectivity index (χ2v) is 5.60. The summed E-state index contributed by atoms with van der Waals surface area (Å²) in [4.78, 5) is 21.5. The molecule has 6 nitrogen and oxygen atoms in total. The van der Waals surface area contributed by atoms with E-state index in [0.717, 1.165) is 18.2 Å². The molecule has 0 bridgehead atoms. The summed E-state index contributed by atoms with van der Waals surface area (Å²) >= 11 is 1.29. The van der Waals surface area contributed by atoms with Crippen LogP contribution in [0.4, 0.5) is 10.1 Å². The number of halogens is 1. The molecule has 8 heteroatoms. The first kappa shape index (κ1) is 16.9. The van der Waals surface area contributed by atoms with E-state index in [0.29, 0.717) is 5.75 Å². The van der Waals surface area contributed by atoms with Gasteiger partial charge in [-0.3, -0.25) is 14.9 Å². The van der Waals surface area contributed by atoms with Crippen molar-refractivity contribution in [3.63, 3.8) is 0 Å². The van der Waals surface area contributed by atoms with Crippen LogP contribution in [0.1, 0.15) is 18.9 Å². The summed E-state index contributed by atoms with van der Waals surface area (Å²) < 4.78 is 13.8. The Morgan fingerprint density at radius 2 is 2.29 bits per heavy atom. The van der Waals surface area contributed by atoms with Crippen LogP contribution in [0, 0.1) is 33.2 Å².